The van der Waals surface area contributed by atoms with Gasteiger partial charge in [-0.15, -0.1) is 0 Å². The molecule has 2 amide bonds. The number of amides is 2. The lowest BCUT2D eigenvalue weighted by Gasteiger charge is -2.24. The van der Waals surface area contributed by atoms with Crippen LogP contribution in [0.5, 0.6) is 17.2 Å². The van der Waals surface area contributed by atoms with E-state index in [-0.39, 0.29) is 35.5 Å². The molecule has 0 radical (unpaired) electrons. The molecule has 0 spiro atoms. The molecule has 2 aliphatic carbocycles. The van der Waals surface area contributed by atoms with Crippen LogP contribution in [-0.4, -0.2) is 44.7 Å². The van der Waals surface area contributed by atoms with Crippen LogP contribution < -0.4 is 35.6 Å². The third-order valence-corrected chi connectivity index (χ3v) is 8.81. The summed E-state index contributed by atoms with van der Waals surface area (Å²) < 4.78 is 17.1. The number of aryl methyl sites for hydroxylation is 2. The number of methoxy groups -OCH3 is 3. The third kappa shape index (κ3) is 5.68. The van der Waals surface area contributed by atoms with Gasteiger partial charge in [-0.05, 0) is 78.6 Å². The minimum atomic E-state index is -0.417. The zero-order valence-electron chi connectivity index (χ0n) is 26.0. The van der Waals surface area contributed by atoms with Gasteiger partial charge in [0.2, 0.25) is 23.0 Å². The van der Waals surface area contributed by atoms with Crippen molar-refractivity contribution >= 4 is 28.4 Å². The van der Waals surface area contributed by atoms with Gasteiger partial charge in [-0.25, -0.2) is 0 Å². The number of carbonyl (C=O) groups excluding carboxylic acids is 2. The Hall–Kier alpha value is -4.99. The highest BCUT2D eigenvalue weighted by Crippen LogP contribution is 2.50. The predicted octanol–water partition coefficient (Wildman–Crippen LogP) is 4.95. The first kappa shape index (κ1) is 30.1. The molecule has 2 atom stereocenters. The molecule has 2 aliphatic rings. The summed E-state index contributed by atoms with van der Waals surface area (Å²) in [5, 5.41) is 10.4. The van der Waals surface area contributed by atoms with Crippen LogP contribution in [-0.2, 0) is 22.4 Å². The average molecular weight is 611 g/mol. The van der Waals surface area contributed by atoms with Crippen LogP contribution in [0, 0.1) is 0 Å². The van der Waals surface area contributed by atoms with Crippen molar-refractivity contribution in [2.24, 2.45) is 0 Å². The fourth-order valence-corrected chi connectivity index (χ4v) is 6.83. The van der Waals surface area contributed by atoms with Crippen molar-refractivity contribution in [3.63, 3.8) is 0 Å². The molecule has 1 heterocycles. The molecule has 0 aliphatic heterocycles. The Balaban J connectivity index is 1.31. The maximum absolute atomic E-state index is 13.6. The zero-order chi connectivity index (χ0) is 31.7. The van der Waals surface area contributed by atoms with Crippen molar-refractivity contribution in [1.29, 1.82) is 0 Å². The van der Waals surface area contributed by atoms with E-state index < -0.39 is 6.04 Å². The lowest BCUT2D eigenvalue weighted by Crippen LogP contribution is -2.35. The lowest BCUT2D eigenvalue weighted by atomic mass is 9.91. The summed E-state index contributed by atoms with van der Waals surface area (Å²) in [6.07, 6.45) is 3.96. The van der Waals surface area contributed by atoms with E-state index in [0.29, 0.717) is 35.7 Å². The molecule has 0 saturated carbocycles. The van der Waals surface area contributed by atoms with Crippen molar-refractivity contribution in [3.05, 3.63) is 81.1 Å². The minimum absolute atomic E-state index is 0.0734. The van der Waals surface area contributed by atoms with Crippen molar-refractivity contribution in [1.82, 2.24) is 15.6 Å². The molecule has 6 rings (SSSR count). The number of carbonyl (C=O) groups is 2. The predicted molar refractivity (Wildman–Crippen MR) is 173 cm³/mol. The maximum atomic E-state index is 13.6. The van der Waals surface area contributed by atoms with Gasteiger partial charge in [-0.3, -0.25) is 14.4 Å². The second-order valence-corrected chi connectivity index (χ2v) is 11.5. The minimum Gasteiger partial charge on any atom is -0.493 e. The zero-order valence-corrected chi connectivity index (χ0v) is 26.0. The molecular weight excluding hydrogens is 572 g/mol. The first-order valence-corrected chi connectivity index (χ1v) is 15.2. The van der Waals surface area contributed by atoms with Crippen molar-refractivity contribution in [2.45, 2.75) is 51.1 Å². The molecule has 0 bridgehead atoms. The van der Waals surface area contributed by atoms with E-state index in [0.717, 1.165) is 47.2 Å². The Bertz CT molecular complexity index is 1850. The lowest BCUT2D eigenvalue weighted by molar-refractivity contribution is -0.120. The number of ether oxygens (including phenoxy) is 3. The molecule has 45 heavy (non-hydrogen) atoms. The summed E-state index contributed by atoms with van der Waals surface area (Å²) in [6.45, 7) is 1.39. The largest absolute Gasteiger partial charge is 0.493 e. The van der Waals surface area contributed by atoms with Crippen molar-refractivity contribution < 1.29 is 23.8 Å². The van der Waals surface area contributed by atoms with Gasteiger partial charge in [0.25, 0.3) is 0 Å². The summed E-state index contributed by atoms with van der Waals surface area (Å²) in [7, 11) is 4.68. The Kier molecular flexibility index (Phi) is 8.38. The Morgan fingerprint density at radius 2 is 1.71 bits per heavy atom. The highest BCUT2D eigenvalue weighted by Gasteiger charge is 2.30. The van der Waals surface area contributed by atoms with Gasteiger partial charge >= 0.3 is 0 Å². The SMILES string of the molecule is COc1cc2c(c(OC)c1OC)-c1ccc(NCC(=O)NC3CCCc4c3[nH]c3ccccc43)c(=O)cc1[C@H](NC(C)=O)CC2. The van der Waals surface area contributed by atoms with E-state index in [1.54, 1.807) is 33.5 Å². The van der Waals surface area contributed by atoms with Crippen LogP contribution in [0.1, 0.15) is 60.7 Å². The number of benzene rings is 2. The average Bonchev–Trinajstić information content (AvgIpc) is 3.26. The van der Waals surface area contributed by atoms with E-state index in [1.807, 2.05) is 24.3 Å². The molecule has 234 valence electrons. The monoisotopic (exact) mass is 610 g/mol. The number of aromatic nitrogens is 1. The van der Waals surface area contributed by atoms with Crippen LogP contribution in [0.25, 0.3) is 22.0 Å². The number of rotatable bonds is 8. The van der Waals surface area contributed by atoms with Gasteiger partial charge in [0.1, 0.15) is 0 Å². The fraction of sp³-hybridized carbons (Fsp3) is 0.343. The Morgan fingerprint density at radius 1 is 0.911 bits per heavy atom. The Morgan fingerprint density at radius 3 is 2.47 bits per heavy atom. The summed E-state index contributed by atoms with van der Waals surface area (Å²) in [6, 6.07) is 14.6. The van der Waals surface area contributed by atoms with Gasteiger partial charge in [0.15, 0.2) is 11.5 Å². The number of H-pyrrole nitrogens is 1. The van der Waals surface area contributed by atoms with Crippen LogP contribution in [0.2, 0.25) is 0 Å². The number of para-hydroxylation sites is 1. The maximum Gasteiger partial charge on any atom is 0.239 e. The highest BCUT2D eigenvalue weighted by atomic mass is 16.5. The van der Waals surface area contributed by atoms with Crippen LogP contribution >= 0.6 is 0 Å². The van der Waals surface area contributed by atoms with E-state index in [1.165, 1.54) is 17.9 Å². The number of hydrogen-bond acceptors (Lipinski definition) is 7. The van der Waals surface area contributed by atoms with Gasteiger partial charge < -0.3 is 35.1 Å². The standard InChI is InChI=1S/C35H38N4O6/c1-19(40)37-26-14-12-20-16-30(43-2)34(44-3)35(45-4)32(20)22-13-15-27(29(41)17-24(22)26)36-18-31(42)38-28-11-7-9-23-21-8-5-6-10-25(21)39-33(23)28/h5-6,8,10,13,15-17,26,28,39H,7,9,11-12,14,18H2,1-4H3,(H,36,41)(H,37,40)(H,38,42)/t26-,28?/m1/s1. The normalized spacial score (nSPS) is 16.8. The molecule has 4 aromatic rings. The third-order valence-electron chi connectivity index (χ3n) is 8.81. The van der Waals surface area contributed by atoms with E-state index >= 15 is 0 Å². The first-order valence-electron chi connectivity index (χ1n) is 15.2. The summed E-state index contributed by atoms with van der Waals surface area (Å²) in [5.41, 5.74) is 6.45. The number of nitrogens with one attached hydrogen (secondary N) is 4. The van der Waals surface area contributed by atoms with Crippen LogP contribution in [0.4, 0.5) is 5.69 Å². The van der Waals surface area contributed by atoms with E-state index in [4.69, 9.17) is 14.2 Å². The fourth-order valence-electron chi connectivity index (χ4n) is 6.83. The highest BCUT2D eigenvalue weighted by molar-refractivity contribution is 5.87. The second kappa shape index (κ2) is 12.6. The summed E-state index contributed by atoms with van der Waals surface area (Å²) in [5.74, 6) is 1.04. The molecule has 10 nitrogen and oxygen atoms in total. The van der Waals surface area contributed by atoms with E-state index in [2.05, 4.69) is 33.1 Å². The molecule has 1 aromatic heterocycles. The molecule has 3 aromatic carbocycles. The van der Waals surface area contributed by atoms with Crippen LogP contribution in [0.3, 0.4) is 0 Å². The topological polar surface area (TPSA) is 131 Å². The second-order valence-electron chi connectivity index (χ2n) is 11.5. The smallest absolute Gasteiger partial charge is 0.239 e. The quantitative estimate of drug-likeness (QED) is 0.222. The van der Waals surface area contributed by atoms with Gasteiger partial charge in [0.05, 0.1) is 45.6 Å². The van der Waals surface area contributed by atoms with Gasteiger partial charge in [-0.1, -0.05) is 24.3 Å². The Labute approximate surface area is 261 Å². The molecule has 0 saturated heterocycles. The summed E-state index contributed by atoms with van der Waals surface area (Å²) in [4.78, 5) is 42.5. The number of fused-ring (bicyclic) bond motifs is 6. The molecular formula is C35H38N4O6. The van der Waals surface area contributed by atoms with Gasteiger partial charge in [-0.2, -0.15) is 0 Å². The van der Waals surface area contributed by atoms with E-state index in [9.17, 15) is 14.4 Å². The van der Waals surface area contributed by atoms with Crippen LogP contribution in [0.15, 0.2) is 53.3 Å². The van der Waals surface area contributed by atoms with Crippen molar-refractivity contribution in [2.75, 3.05) is 33.2 Å². The molecule has 0 fully saturated rings. The number of hydrogen-bond donors (Lipinski definition) is 4. The summed E-state index contributed by atoms with van der Waals surface area (Å²) >= 11 is 0. The number of aromatic amines is 1. The first-order chi connectivity index (χ1) is 21.8. The molecule has 1 unspecified atom stereocenters. The number of anilines is 1. The molecule has 10 heteroatoms. The van der Waals surface area contributed by atoms with Gasteiger partial charge in [0, 0.05) is 29.1 Å². The molecule has 4 N–H and O–H groups in total. The van der Waals surface area contributed by atoms with Crippen molar-refractivity contribution in [3.8, 4) is 28.4 Å².